The summed E-state index contributed by atoms with van der Waals surface area (Å²) in [5, 5.41) is 4.48. The molecule has 1 aromatic heterocycles. The number of hydrogen-bond acceptors (Lipinski definition) is 3. The van der Waals surface area contributed by atoms with Crippen LogP contribution in [0.4, 0.5) is 0 Å². The van der Waals surface area contributed by atoms with E-state index in [1.54, 1.807) is 0 Å². The van der Waals surface area contributed by atoms with Crippen molar-refractivity contribution in [3.8, 4) is 0 Å². The first-order valence-electron chi connectivity index (χ1n) is 8.76. The zero-order chi connectivity index (χ0) is 16.8. The van der Waals surface area contributed by atoms with Crippen LogP contribution in [0, 0.1) is 6.92 Å². The molecule has 0 bridgehead atoms. The molecular formula is C20H27N3O. The minimum Gasteiger partial charge on any atom is -0.377 e. The molecule has 2 heterocycles. The fourth-order valence-electron chi connectivity index (χ4n) is 3.29. The van der Waals surface area contributed by atoms with Gasteiger partial charge in [0.25, 0.3) is 0 Å². The first kappa shape index (κ1) is 16.9. The van der Waals surface area contributed by atoms with Crippen LogP contribution in [0.3, 0.4) is 0 Å². The topological polar surface area (TPSA) is 30.3 Å². The molecule has 0 saturated carbocycles. The van der Waals surface area contributed by atoms with E-state index in [1.807, 2.05) is 17.0 Å². The summed E-state index contributed by atoms with van der Waals surface area (Å²) in [6.07, 6.45) is 6.59. The van der Waals surface area contributed by atoms with Gasteiger partial charge >= 0.3 is 0 Å². The Morgan fingerprint density at radius 1 is 1.33 bits per heavy atom. The Labute approximate surface area is 144 Å². The van der Waals surface area contributed by atoms with Gasteiger partial charge in [-0.2, -0.15) is 5.10 Å². The summed E-state index contributed by atoms with van der Waals surface area (Å²) in [6.45, 7) is 10.4. The number of rotatable bonds is 8. The lowest BCUT2D eigenvalue weighted by Crippen LogP contribution is -2.31. The van der Waals surface area contributed by atoms with Gasteiger partial charge < -0.3 is 4.74 Å². The van der Waals surface area contributed by atoms with E-state index in [1.165, 1.54) is 29.7 Å². The first-order valence-corrected chi connectivity index (χ1v) is 8.76. The molecule has 1 aliphatic rings. The molecule has 0 radical (unpaired) electrons. The Kier molecular flexibility index (Phi) is 5.83. The van der Waals surface area contributed by atoms with Crippen molar-refractivity contribution in [2.24, 2.45) is 0 Å². The van der Waals surface area contributed by atoms with Gasteiger partial charge in [0.05, 0.1) is 18.8 Å². The Morgan fingerprint density at radius 3 is 2.88 bits per heavy atom. The van der Waals surface area contributed by atoms with Crippen molar-refractivity contribution in [3.05, 3.63) is 66.0 Å². The highest BCUT2D eigenvalue weighted by atomic mass is 16.5. The molecule has 0 amide bonds. The molecule has 3 rings (SSSR count). The molecule has 0 N–H and O–H groups in total. The quantitative estimate of drug-likeness (QED) is 0.695. The largest absolute Gasteiger partial charge is 0.377 e. The number of hydrogen-bond donors (Lipinski definition) is 0. The number of aromatic nitrogens is 2. The van der Waals surface area contributed by atoms with E-state index in [4.69, 9.17) is 4.74 Å². The smallest absolute Gasteiger partial charge is 0.0703 e. The standard InChI is InChI=1S/C20H27N3O/c1-3-11-23-17(2)19(13-21-23)15-22(16-20-10-7-12-24-20)14-18-8-5-4-6-9-18/h3-6,8-9,13,20H,1,7,10-12,14-16H2,2H3/t20-/m0/s1. The van der Waals surface area contributed by atoms with Gasteiger partial charge in [-0.25, -0.2) is 0 Å². The Bertz CT molecular complexity index is 644. The lowest BCUT2D eigenvalue weighted by Gasteiger charge is -2.25. The predicted molar refractivity (Wildman–Crippen MR) is 96.7 cm³/mol. The van der Waals surface area contributed by atoms with Crippen molar-refractivity contribution in [1.82, 2.24) is 14.7 Å². The second-order valence-electron chi connectivity index (χ2n) is 6.52. The SMILES string of the molecule is C=CCn1ncc(CN(Cc2ccccc2)C[C@@H]2CCCO2)c1C. The van der Waals surface area contributed by atoms with Crippen molar-refractivity contribution in [1.29, 1.82) is 0 Å². The zero-order valence-corrected chi connectivity index (χ0v) is 14.5. The highest BCUT2D eigenvalue weighted by molar-refractivity contribution is 5.18. The van der Waals surface area contributed by atoms with Crippen LogP contribution in [0.1, 0.15) is 29.7 Å². The van der Waals surface area contributed by atoms with Crippen molar-refractivity contribution < 1.29 is 4.74 Å². The van der Waals surface area contributed by atoms with Gasteiger partial charge in [0.2, 0.25) is 0 Å². The second kappa shape index (κ2) is 8.27. The minimum absolute atomic E-state index is 0.359. The van der Waals surface area contributed by atoms with Gasteiger partial charge in [0.1, 0.15) is 0 Å². The lowest BCUT2D eigenvalue weighted by atomic mass is 10.1. The van der Waals surface area contributed by atoms with Crippen molar-refractivity contribution in [2.45, 2.75) is 45.5 Å². The van der Waals surface area contributed by atoms with Crippen LogP contribution >= 0.6 is 0 Å². The Morgan fingerprint density at radius 2 is 2.17 bits per heavy atom. The van der Waals surface area contributed by atoms with Gasteiger partial charge in [-0.3, -0.25) is 9.58 Å². The van der Waals surface area contributed by atoms with Gasteiger partial charge in [0.15, 0.2) is 0 Å². The van der Waals surface area contributed by atoms with Crippen LogP contribution in [0.15, 0.2) is 49.2 Å². The van der Waals surface area contributed by atoms with Crippen molar-refractivity contribution in [2.75, 3.05) is 13.2 Å². The van der Waals surface area contributed by atoms with Crippen LogP contribution < -0.4 is 0 Å². The third-order valence-corrected chi connectivity index (χ3v) is 4.64. The van der Waals surface area contributed by atoms with Crippen LogP contribution in [-0.2, 0) is 24.4 Å². The van der Waals surface area contributed by atoms with Crippen molar-refractivity contribution in [3.63, 3.8) is 0 Å². The molecule has 1 saturated heterocycles. The number of nitrogens with zero attached hydrogens (tertiary/aromatic N) is 3. The third-order valence-electron chi connectivity index (χ3n) is 4.64. The number of benzene rings is 1. The average Bonchev–Trinajstić information content (AvgIpc) is 3.21. The van der Waals surface area contributed by atoms with Crippen LogP contribution in [0.2, 0.25) is 0 Å². The highest BCUT2D eigenvalue weighted by Gasteiger charge is 2.20. The number of ether oxygens (including phenoxy) is 1. The molecule has 2 aromatic rings. The maximum Gasteiger partial charge on any atom is 0.0703 e. The maximum absolute atomic E-state index is 5.86. The van der Waals surface area contributed by atoms with E-state index in [2.05, 4.69) is 53.8 Å². The van der Waals surface area contributed by atoms with Crippen LogP contribution in [0.25, 0.3) is 0 Å². The van der Waals surface area contributed by atoms with Gasteiger partial charge in [-0.05, 0) is 25.3 Å². The molecule has 1 aliphatic heterocycles. The van der Waals surface area contributed by atoms with E-state index < -0.39 is 0 Å². The summed E-state index contributed by atoms with van der Waals surface area (Å²) < 4.78 is 7.87. The van der Waals surface area contributed by atoms with Crippen LogP contribution in [0.5, 0.6) is 0 Å². The van der Waals surface area contributed by atoms with E-state index in [0.29, 0.717) is 6.10 Å². The Balaban J connectivity index is 1.72. The third kappa shape index (κ3) is 4.34. The molecule has 128 valence electrons. The van der Waals surface area contributed by atoms with Gasteiger partial charge in [0, 0.05) is 37.5 Å². The maximum atomic E-state index is 5.86. The van der Waals surface area contributed by atoms with E-state index in [0.717, 1.165) is 32.8 Å². The number of allylic oxidation sites excluding steroid dienone is 1. The molecule has 0 aliphatic carbocycles. The lowest BCUT2D eigenvalue weighted by molar-refractivity contribution is 0.0678. The summed E-state index contributed by atoms with van der Waals surface area (Å²) in [7, 11) is 0. The molecular weight excluding hydrogens is 298 g/mol. The summed E-state index contributed by atoms with van der Waals surface area (Å²) in [5.41, 5.74) is 3.85. The minimum atomic E-state index is 0.359. The molecule has 1 fully saturated rings. The monoisotopic (exact) mass is 325 g/mol. The highest BCUT2D eigenvalue weighted by Crippen LogP contribution is 2.18. The molecule has 0 spiro atoms. The fourth-order valence-corrected chi connectivity index (χ4v) is 3.29. The van der Waals surface area contributed by atoms with Crippen LogP contribution in [-0.4, -0.2) is 33.9 Å². The van der Waals surface area contributed by atoms with Gasteiger partial charge in [-0.15, -0.1) is 6.58 Å². The molecule has 1 atom stereocenters. The Hall–Kier alpha value is -1.91. The van der Waals surface area contributed by atoms with Gasteiger partial charge in [-0.1, -0.05) is 36.4 Å². The summed E-state index contributed by atoms with van der Waals surface area (Å²) in [5.74, 6) is 0. The van der Waals surface area contributed by atoms with E-state index in [-0.39, 0.29) is 0 Å². The molecule has 4 nitrogen and oxygen atoms in total. The summed E-state index contributed by atoms with van der Waals surface area (Å²) >= 11 is 0. The average molecular weight is 325 g/mol. The fraction of sp³-hybridized carbons (Fsp3) is 0.450. The normalized spacial score (nSPS) is 17.5. The molecule has 4 heteroatoms. The van der Waals surface area contributed by atoms with E-state index in [9.17, 15) is 0 Å². The summed E-state index contributed by atoms with van der Waals surface area (Å²) in [6, 6.07) is 10.7. The molecule has 1 aromatic carbocycles. The second-order valence-corrected chi connectivity index (χ2v) is 6.52. The predicted octanol–water partition coefficient (Wildman–Crippen LogP) is 3.56. The van der Waals surface area contributed by atoms with E-state index >= 15 is 0 Å². The summed E-state index contributed by atoms with van der Waals surface area (Å²) in [4.78, 5) is 2.48. The van der Waals surface area contributed by atoms with Crippen molar-refractivity contribution >= 4 is 0 Å². The molecule has 24 heavy (non-hydrogen) atoms. The zero-order valence-electron chi connectivity index (χ0n) is 14.5. The molecule has 0 unspecified atom stereocenters. The first-order chi connectivity index (χ1) is 11.8.